The minimum atomic E-state index is -0.333. The van der Waals surface area contributed by atoms with E-state index in [9.17, 15) is 8.78 Å². The molecule has 0 aliphatic rings. The van der Waals surface area contributed by atoms with Gasteiger partial charge in [-0.2, -0.15) is 0 Å². The molecule has 2 N–H and O–H groups in total. The molecule has 2 aromatic rings. The molecule has 6 heteroatoms. The van der Waals surface area contributed by atoms with Crippen LogP contribution in [0.25, 0.3) is 0 Å². The van der Waals surface area contributed by atoms with E-state index in [0.29, 0.717) is 24.8 Å². The molecule has 0 heterocycles. The van der Waals surface area contributed by atoms with Crippen molar-refractivity contribution in [2.75, 3.05) is 13.6 Å². The first-order chi connectivity index (χ1) is 11.6. The third-order valence-electron chi connectivity index (χ3n) is 3.26. The molecular formula is C18H21F2N3O. The number of nitrogens with zero attached hydrogens (tertiary/aromatic N) is 1. The number of benzene rings is 2. The lowest BCUT2D eigenvalue weighted by Crippen LogP contribution is -2.41. The van der Waals surface area contributed by atoms with Crippen LogP contribution in [0.15, 0.2) is 53.5 Å². The zero-order valence-corrected chi connectivity index (χ0v) is 13.7. The number of nitrogens with one attached hydrogen (secondary N) is 2. The molecule has 0 bridgehead atoms. The highest BCUT2D eigenvalue weighted by molar-refractivity contribution is 5.79. The molecule has 1 atom stereocenters. The maximum atomic E-state index is 13.1. The molecule has 1 unspecified atom stereocenters. The van der Waals surface area contributed by atoms with E-state index in [1.165, 1.54) is 24.3 Å². The first-order valence-corrected chi connectivity index (χ1v) is 7.68. The van der Waals surface area contributed by atoms with Gasteiger partial charge in [0.1, 0.15) is 23.5 Å². The van der Waals surface area contributed by atoms with Crippen molar-refractivity contribution in [3.63, 3.8) is 0 Å². The standard InChI is InChI=1S/C18H21F2N3O/c1-13(24-17-8-4-7-16(20)10-17)11-22-18(21-2)23-12-14-5-3-6-15(19)9-14/h3-10,13H,11-12H2,1-2H3,(H2,21,22,23). The highest BCUT2D eigenvalue weighted by atomic mass is 19.1. The van der Waals surface area contributed by atoms with Crippen LogP contribution in [0, 0.1) is 11.6 Å². The fourth-order valence-electron chi connectivity index (χ4n) is 2.11. The second-order valence-electron chi connectivity index (χ2n) is 5.32. The van der Waals surface area contributed by atoms with Crippen molar-refractivity contribution in [3.8, 4) is 5.75 Å². The van der Waals surface area contributed by atoms with Crippen molar-refractivity contribution >= 4 is 5.96 Å². The number of hydrogen-bond acceptors (Lipinski definition) is 2. The summed E-state index contributed by atoms with van der Waals surface area (Å²) in [6.45, 7) is 2.81. The van der Waals surface area contributed by atoms with Gasteiger partial charge in [0.15, 0.2) is 5.96 Å². The summed E-state index contributed by atoms with van der Waals surface area (Å²) >= 11 is 0. The van der Waals surface area contributed by atoms with Crippen molar-refractivity contribution in [2.45, 2.75) is 19.6 Å². The summed E-state index contributed by atoms with van der Waals surface area (Å²) in [6, 6.07) is 12.4. The molecule has 0 saturated heterocycles. The van der Waals surface area contributed by atoms with Crippen LogP contribution in [-0.4, -0.2) is 25.7 Å². The molecule has 0 saturated carbocycles. The van der Waals surface area contributed by atoms with Crippen molar-refractivity contribution in [2.24, 2.45) is 4.99 Å². The van der Waals surface area contributed by atoms with Crippen LogP contribution in [0.5, 0.6) is 5.75 Å². The zero-order valence-electron chi connectivity index (χ0n) is 13.7. The van der Waals surface area contributed by atoms with E-state index in [4.69, 9.17) is 4.74 Å². The minimum absolute atomic E-state index is 0.181. The Morgan fingerprint density at radius 3 is 2.46 bits per heavy atom. The van der Waals surface area contributed by atoms with Crippen LogP contribution in [0.3, 0.4) is 0 Å². The monoisotopic (exact) mass is 333 g/mol. The summed E-state index contributed by atoms with van der Waals surface area (Å²) in [6.07, 6.45) is -0.181. The average Bonchev–Trinajstić information content (AvgIpc) is 2.55. The second-order valence-corrected chi connectivity index (χ2v) is 5.32. The van der Waals surface area contributed by atoms with Gasteiger partial charge in [-0.3, -0.25) is 4.99 Å². The van der Waals surface area contributed by atoms with Crippen LogP contribution in [0.1, 0.15) is 12.5 Å². The fraction of sp³-hybridized carbons (Fsp3) is 0.278. The molecule has 128 valence electrons. The third kappa shape index (κ3) is 5.87. The van der Waals surface area contributed by atoms with E-state index in [1.54, 1.807) is 25.2 Å². The normalized spacial score (nSPS) is 12.6. The van der Waals surface area contributed by atoms with Gasteiger partial charge in [-0.05, 0) is 36.8 Å². The molecule has 24 heavy (non-hydrogen) atoms. The van der Waals surface area contributed by atoms with Crippen LogP contribution < -0.4 is 15.4 Å². The Balaban J connectivity index is 1.78. The molecule has 4 nitrogen and oxygen atoms in total. The van der Waals surface area contributed by atoms with Crippen LogP contribution in [0.4, 0.5) is 8.78 Å². The van der Waals surface area contributed by atoms with E-state index in [1.807, 2.05) is 13.0 Å². The number of guanidine groups is 1. The first kappa shape index (κ1) is 17.7. The van der Waals surface area contributed by atoms with E-state index in [-0.39, 0.29) is 17.7 Å². The maximum absolute atomic E-state index is 13.1. The van der Waals surface area contributed by atoms with Crippen LogP contribution >= 0.6 is 0 Å². The predicted octanol–water partition coefficient (Wildman–Crippen LogP) is 3.10. The molecule has 2 aromatic carbocycles. The van der Waals surface area contributed by atoms with Crippen molar-refractivity contribution in [3.05, 3.63) is 65.7 Å². The third-order valence-corrected chi connectivity index (χ3v) is 3.26. The van der Waals surface area contributed by atoms with Crippen molar-refractivity contribution in [1.29, 1.82) is 0 Å². The predicted molar refractivity (Wildman–Crippen MR) is 91.1 cm³/mol. The quantitative estimate of drug-likeness (QED) is 0.631. The lowest BCUT2D eigenvalue weighted by molar-refractivity contribution is 0.223. The topological polar surface area (TPSA) is 45.7 Å². The van der Waals surface area contributed by atoms with E-state index in [2.05, 4.69) is 15.6 Å². The zero-order chi connectivity index (χ0) is 17.4. The number of hydrogen-bond donors (Lipinski definition) is 2. The lowest BCUT2D eigenvalue weighted by Gasteiger charge is -2.18. The molecule has 0 fully saturated rings. The lowest BCUT2D eigenvalue weighted by atomic mass is 10.2. The molecule has 0 amide bonds. The Bertz CT molecular complexity index is 691. The summed E-state index contributed by atoms with van der Waals surface area (Å²) in [5.74, 6) is 0.454. The molecule has 2 rings (SSSR count). The number of rotatable bonds is 6. The Morgan fingerprint density at radius 1 is 1.08 bits per heavy atom. The average molecular weight is 333 g/mol. The molecule has 0 aromatic heterocycles. The highest BCUT2D eigenvalue weighted by Gasteiger charge is 2.06. The number of aliphatic imine (C=N–C) groups is 1. The highest BCUT2D eigenvalue weighted by Crippen LogP contribution is 2.13. The van der Waals surface area contributed by atoms with E-state index in [0.717, 1.165) is 5.56 Å². The summed E-state index contributed by atoms with van der Waals surface area (Å²) < 4.78 is 31.9. The summed E-state index contributed by atoms with van der Waals surface area (Å²) in [5, 5.41) is 6.21. The Hall–Kier alpha value is -2.63. The maximum Gasteiger partial charge on any atom is 0.191 e. The summed E-state index contributed by atoms with van der Waals surface area (Å²) in [7, 11) is 1.65. The van der Waals surface area contributed by atoms with Crippen molar-refractivity contribution < 1.29 is 13.5 Å². The van der Waals surface area contributed by atoms with Gasteiger partial charge in [-0.25, -0.2) is 8.78 Å². The smallest absolute Gasteiger partial charge is 0.191 e. The molecular weight excluding hydrogens is 312 g/mol. The second kappa shape index (κ2) is 8.86. The summed E-state index contributed by atoms with van der Waals surface area (Å²) in [4.78, 5) is 4.10. The van der Waals surface area contributed by atoms with E-state index >= 15 is 0 Å². The SMILES string of the molecule is CN=C(NCc1cccc(F)c1)NCC(C)Oc1cccc(F)c1. The molecule has 0 radical (unpaired) electrons. The Labute approximate surface area is 140 Å². The van der Waals surface area contributed by atoms with Gasteiger partial charge < -0.3 is 15.4 Å². The van der Waals surface area contributed by atoms with E-state index < -0.39 is 0 Å². The van der Waals surface area contributed by atoms with Gasteiger partial charge in [0.25, 0.3) is 0 Å². The fourth-order valence-corrected chi connectivity index (χ4v) is 2.11. The number of halogens is 2. The van der Waals surface area contributed by atoms with Gasteiger partial charge >= 0.3 is 0 Å². The van der Waals surface area contributed by atoms with Crippen LogP contribution in [-0.2, 0) is 6.54 Å². The molecule has 0 aliphatic heterocycles. The minimum Gasteiger partial charge on any atom is -0.489 e. The Morgan fingerprint density at radius 2 is 1.79 bits per heavy atom. The number of ether oxygens (including phenoxy) is 1. The van der Waals surface area contributed by atoms with Gasteiger partial charge in [0, 0.05) is 19.7 Å². The molecule has 0 spiro atoms. The Kier molecular flexibility index (Phi) is 6.54. The molecule has 0 aliphatic carbocycles. The summed E-state index contributed by atoms with van der Waals surface area (Å²) in [5.41, 5.74) is 0.821. The van der Waals surface area contributed by atoms with Gasteiger partial charge in [0.2, 0.25) is 0 Å². The van der Waals surface area contributed by atoms with Crippen molar-refractivity contribution in [1.82, 2.24) is 10.6 Å². The van der Waals surface area contributed by atoms with Crippen LogP contribution in [0.2, 0.25) is 0 Å². The van der Waals surface area contributed by atoms with Gasteiger partial charge in [-0.1, -0.05) is 18.2 Å². The van der Waals surface area contributed by atoms with Gasteiger partial charge in [0.05, 0.1) is 6.54 Å². The largest absolute Gasteiger partial charge is 0.489 e. The van der Waals surface area contributed by atoms with Gasteiger partial charge in [-0.15, -0.1) is 0 Å². The first-order valence-electron chi connectivity index (χ1n) is 7.68.